The average molecular weight is 284 g/mol. The number of methoxy groups -OCH3 is 1. The smallest absolute Gasteiger partial charge is 0.337 e. The molecule has 2 heterocycles. The van der Waals surface area contributed by atoms with Crippen molar-refractivity contribution in [2.24, 2.45) is 0 Å². The van der Waals surface area contributed by atoms with E-state index >= 15 is 0 Å². The molecule has 20 heavy (non-hydrogen) atoms. The highest BCUT2D eigenvalue weighted by Crippen LogP contribution is 2.34. The molecule has 0 aromatic carbocycles. The van der Waals surface area contributed by atoms with Gasteiger partial charge < -0.3 is 9.64 Å². The zero-order chi connectivity index (χ0) is 15.2. The maximum Gasteiger partial charge on any atom is 0.337 e. The van der Waals surface area contributed by atoms with E-state index in [0.717, 1.165) is 9.80 Å². The largest absolute Gasteiger partial charge is 0.364 e. The van der Waals surface area contributed by atoms with Crippen LogP contribution in [0.25, 0.3) is 0 Å². The predicted octanol–water partition coefficient (Wildman–Crippen LogP) is -0.559. The lowest BCUT2D eigenvalue weighted by molar-refractivity contribution is -0.130. The Balaban J connectivity index is 2.49. The first-order chi connectivity index (χ1) is 9.32. The Kier molecular flexibility index (Phi) is 3.38. The van der Waals surface area contributed by atoms with Crippen LogP contribution in [0.5, 0.6) is 0 Å². The molecule has 2 atom stereocenters. The number of hydrogen-bond acceptors (Lipinski definition) is 5. The highest BCUT2D eigenvalue weighted by molar-refractivity contribution is 6.05. The highest BCUT2D eigenvalue weighted by atomic mass is 16.5. The van der Waals surface area contributed by atoms with Crippen molar-refractivity contribution >= 4 is 23.9 Å². The molecule has 0 aromatic heterocycles. The van der Waals surface area contributed by atoms with Crippen molar-refractivity contribution < 1.29 is 23.9 Å². The molecular weight excluding hydrogens is 268 g/mol. The lowest BCUT2D eigenvalue weighted by Crippen LogP contribution is -2.49. The minimum atomic E-state index is -0.860. The molecule has 0 aromatic rings. The second-order valence-electron chi connectivity index (χ2n) is 4.67. The molecule has 110 valence electrons. The van der Waals surface area contributed by atoms with Crippen LogP contribution in [0.3, 0.4) is 0 Å². The summed E-state index contributed by atoms with van der Waals surface area (Å²) in [5.41, 5.74) is 0. The third-order valence-electron chi connectivity index (χ3n) is 3.42. The Labute approximate surface area is 115 Å². The molecule has 2 aliphatic rings. The average Bonchev–Trinajstić information content (AvgIpc) is 2.77. The Bertz CT molecular complexity index is 493. The molecule has 0 aliphatic carbocycles. The van der Waals surface area contributed by atoms with E-state index in [2.05, 4.69) is 0 Å². The van der Waals surface area contributed by atoms with Gasteiger partial charge in [-0.3, -0.25) is 14.5 Å². The number of nitrogens with zero attached hydrogens (tertiary/aromatic N) is 4. The van der Waals surface area contributed by atoms with Gasteiger partial charge in [-0.1, -0.05) is 0 Å². The van der Waals surface area contributed by atoms with Crippen LogP contribution in [0.1, 0.15) is 13.8 Å². The molecule has 2 saturated heterocycles. The second kappa shape index (κ2) is 4.75. The topological polar surface area (TPSA) is 90.5 Å². The van der Waals surface area contributed by atoms with E-state index in [1.165, 1.54) is 37.8 Å². The van der Waals surface area contributed by atoms with Gasteiger partial charge in [-0.2, -0.15) is 0 Å². The van der Waals surface area contributed by atoms with Crippen molar-refractivity contribution in [1.82, 2.24) is 19.6 Å². The number of carbonyl (C=O) groups excluding carboxylic acids is 4. The van der Waals surface area contributed by atoms with E-state index in [-0.39, 0.29) is 6.73 Å². The van der Waals surface area contributed by atoms with Gasteiger partial charge in [-0.25, -0.2) is 19.4 Å². The summed E-state index contributed by atoms with van der Waals surface area (Å²) in [6.07, 6.45) is -1.69. The summed E-state index contributed by atoms with van der Waals surface area (Å²) >= 11 is 0. The summed E-state index contributed by atoms with van der Waals surface area (Å²) in [5.74, 6) is -1.05. The fraction of sp³-hybridized carbons (Fsp3) is 0.636. The molecule has 0 bridgehead atoms. The first kappa shape index (κ1) is 14.3. The monoisotopic (exact) mass is 284 g/mol. The molecule has 2 unspecified atom stereocenters. The van der Waals surface area contributed by atoms with Gasteiger partial charge in [-0.15, -0.1) is 0 Å². The summed E-state index contributed by atoms with van der Waals surface area (Å²) in [5, 5.41) is 0. The van der Waals surface area contributed by atoms with Crippen molar-refractivity contribution in [3.05, 3.63) is 0 Å². The van der Waals surface area contributed by atoms with Crippen LogP contribution in [0.4, 0.5) is 9.59 Å². The number of likely N-dealkylation sites (N-methyl/N-ethyl adjacent to an activating group) is 1. The van der Waals surface area contributed by atoms with Gasteiger partial charge in [0, 0.05) is 28.0 Å². The maximum atomic E-state index is 12.2. The van der Waals surface area contributed by atoms with Gasteiger partial charge in [0.05, 0.1) is 0 Å². The van der Waals surface area contributed by atoms with Crippen molar-refractivity contribution in [2.45, 2.75) is 26.2 Å². The summed E-state index contributed by atoms with van der Waals surface area (Å²) in [7, 11) is 2.88. The molecule has 2 aliphatic heterocycles. The minimum absolute atomic E-state index is 0.0762. The van der Waals surface area contributed by atoms with E-state index in [4.69, 9.17) is 4.74 Å². The SMILES string of the molecule is COCN1C(=O)N(C)C2C1N(C(C)=O)C(=O)N2C(C)=O. The van der Waals surface area contributed by atoms with Crippen LogP contribution in [0.2, 0.25) is 0 Å². The van der Waals surface area contributed by atoms with Gasteiger partial charge in [0.2, 0.25) is 11.8 Å². The molecule has 2 rings (SSSR count). The zero-order valence-electron chi connectivity index (χ0n) is 11.7. The van der Waals surface area contributed by atoms with Crippen LogP contribution in [-0.2, 0) is 14.3 Å². The summed E-state index contributed by atoms with van der Waals surface area (Å²) in [6.45, 7) is 2.36. The normalized spacial score (nSPS) is 25.6. The van der Waals surface area contributed by atoms with E-state index in [9.17, 15) is 19.2 Å². The fourth-order valence-electron chi connectivity index (χ4n) is 2.62. The molecule has 2 fully saturated rings. The van der Waals surface area contributed by atoms with E-state index in [1.54, 1.807) is 0 Å². The van der Waals surface area contributed by atoms with Crippen LogP contribution < -0.4 is 0 Å². The summed E-state index contributed by atoms with van der Waals surface area (Å²) in [4.78, 5) is 52.0. The maximum absolute atomic E-state index is 12.2. The van der Waals surface area contributed by atoms with Crippen LogP contribution >= 0.6 is 0 Å². The predicted molar refractivity (Wildman–Crippen MR) is 64.9 cm³/mol. The Morgan fingerprint density at radius 3 is 2.00 bits per heavy atom. The molecule has 9 heteroatoms. The van der Waals surface area contributed by atoms with Gasteiger partial charge in [-0.05, 0) is 0 Å². The quantitative estimate of drug-likeness (QED) is 0.678. The number of fused-ring (bicyclic) bond motifs is 1. The Morgan fingerprint density at radius 1 is 1.05 bits per heavy atom. The minimum Gasteiger partial charge on any atom is -0.364 e. The number of carbonyl (C=O) groups is 4. The fourth-order valence-corrected chi connectivity index (χ4v) is 2.62. The number of hydrogen-bond donors (Lipinski definition) is 0. The lowest BCUT2D eigenvalue weighted by Gasteiger charge is -2.26. The van der Waals surface area contributed by atoms with Gasteiger partial charge in [0.1, 0.15) is 6.73 Å². The van der Waals surface area contributed by atoms with Crippen LogP contribution in [0.15, 0.2) is 0 Å². The number of amides is 6. The third-order valence-corrected chi connectivity index (χ3v) is 3.42. The molecule has 6 amide bonds. The number of rotatable bonds is 2. The van der Waals surface area contributed by atoms with Crippen molar-refractivity contribution in [3.8, 4) is 0 Å². The Hall–Kier alpha value is -2.16. The number of urea groups is 2. The van der Waals surface area contributed by atoms with Crippen molar-refractivity contribution in [2.75, 3.05) is 20.9 Å². The molecule has 0 radical (unpaired) electrons. The second-order valence-corrected chi connectivity index (χ2v) is 4.67. The molecular formula is C11H16N4O5. The summed E-state index contributed by atoms with van der Waals surface area (Å²) in [6, 6.07) is -1.13. The zero-order valence-corrected chi connectivity index (χ0v) is 11.7. The number of imide groups is 2. The molecule has 0 spiro atoms. The lowest BCUT2D eigenvalue weighted by atomic mass is 10.3. The third kappa shape index (κ3) is 1.73. The van der Waals surface area contributed by atoms with E-state index < -0.39 is 36.2 Å². The first-order valence-corrected chi connectivity index (χ1v) is 5.98. The van der Waals surface area contributed by atoms with Crippen molar-refractivity contribution in [1.29, 1.82) is 0 Å². The highest BCUT2D eigenvalue weighted by Gasteiger charge is 2.60. The Morgan fingerprint density at radius 2 is 1.55 bits per heavy atom. The van der Waals surface area contributed by atoms with Gasteiger partial charge in [0.25, 0.3) is 0 Å². The van der Waals surface area contributed by atoms with Crippen LogP contribution in [0, 0.1) is 0 Å². The standard InChI is InChI=1S/C11H16N4O5/c1-6(16)14-8-9(15(7(2)17)11(14)19)13(5-20-4)10(18)12(8)3/h8-9H,5H2,1-4H3. The van der Waals surface area contributed by atoms with Gasteiger partial charge in [0.15, 0.2) is 12.3 Å². The molecule has 0 saturated carbocycles. The van der Waals surface area contributed by atoms with Gasteiger partial charge >= 0.3 is 12.1 Å². The van der Waals surface area contributed by atoms with E-state index in [1.807, 2.05) is 0 Å². The summed E-state index contributed by atoms with van der Waals surface area (Å²) < 4.78 is 4.94. The first-order valence-electron chi connectivity index (χ1n) is 5.98. The van der Waals surface area contributed by atoms with Crippen LogP contribution in [-0.4, -0.2) is 76.7 Å². The van der Waals surface area contributed by atoms with E-state index in [0.29, 0.717) is 0 Å². The van der Waals surface area contributed by atoms with Crippen molar-refractivity contribution in [3.63, 3.8) is 0 Å². The molecule has 9 nitrogen and oxygen atoms in total. The number of ether oxygens (including phenoxy) is 1. The molecule has 0 N–H and O–H groups in total.